The highest BCUT2D eigenvalue weighted by Crippen LogP contribution is 2.11. The normalized spacial score (nSPS) is 8.92. The second kappa shape index (κ2) is 6.49. The lowest BCUT2D eigenvalue weighted by molar-refractivity contribution is 0.812. The predicted octanol–water partition coefficient (Wildman–Crippen LogP) is 2.32. The van der Waals surface area contributed by atoms with E-state index in [-0.39, 0.29) is 0 Å². The Morgan fingerprint density at radius 1 is 1.31 bits per heavy atom. The molecule has 0 saturated heterocycles. The number of hydrogen-bond donors (Lipinski definition) is 2. The molecule has 0 aliphatic rings. The van der Waals surface area contributed by atoms with Crippen molar-refractivity contribution in [3.63, 3.8) is 0 Å². The fourth-order valence-electron chi connectivity index (χ4n) is 1.07. The molecule has 2 nitrogen and oxygen atoms in total. The molecule has 3 N–H and O–H groups in total. The lowest BCUT2D eigenvalue weighted by Gasteiger charge is -2.05. The molecular formula is C11H20N2. The van der Waals surface area contributed by atoms with Crippen LogP contribution in [0, 0.1) is 6.92 Å². The van der Waals surface area contributed by atoms with Crippen molar-refractivity contribution in [1.82, 2.24) is 5.32 Å². The third kappa shape index (κ3) is 3.95. The Labute approximate surface area is 81.2 Å². The molecule has 0 heterocycles. The van der Waals surface area contributed by atoms with Gasteiger partial charge in [0.25, 0.3) is 0 Å². The number of aryl methyl sites for hydroxylation is 1. The largest absolute Gasteiger partial charge is 0.399 e. The summed E-state index contributed by atoms with van der Waals surface area (Å²) >= 11 is 0. The second-order valence-corrected chi connectivity index (χ2v) is 2.72. The first-order valence-electron chi connectivity index (χ1n) is 4.73. The van der Waals surface area contributed by atoms with Gasteiger partial charge < -0.3 is 11.1 Å². The molecule has 0 amide bonds. The van der Waals surface area contributed by atoms with Crippen LogP contribution in [0.4, 0.5) is 5.69 Å². The van der Waals surface area contributed by atoms with E-state index in [2.05, 4.69) is 12.2 Å². The first-order valence-corrected chi connectivity index (χ1v) is 4.73. The van der Waals surface area contributed by atoms with Crippen molar-refractivity contribution in [2.24, 2.45) is 0 Å². The molecule has 1 aromatic carbocycles. The van der Waals surface area contributed by atoms with Crippen LogP contribution in [0.2, 0.25) is 0 Å². The van der Waals surface area contributed by atoms with Crippen molar-refractivity contribution >= 4 is 5.69 Å². The summed E-state index contributed by atoms with van der Waals surface area (Å²) in [5.74, 6) is 0. The molecule has 74 valence electrons. The maximum atomic E-state index is 5.63. The zero-order chi connectivity index (χ0) is 10.3. The number of nitrogen functional groups attached to an aromatic ring is 1. The molecule has 0 aliphatic carbocycles. The maximum absolute atomic E-state index is 5.63. The van der Waals surface area contributed by atoms with Crippen molar-refractivity contribution in [3.8, 4) is 0 Å². The van der Waals surface area contributed by atoms with Crippen molar-refractivity contribution in [2.75, 3.05) is 12.8 Å². The first-order chi connectivity index (χ1) is 6.24. The molecule has 0 fully saturated rings. The average Bonchev–Trinajstić information content (AvgIpc) is 2.15. The van der Waals surface area contributed by atoms with Crippen LogP contribution in [0.5, 0.6) is 0 Å². The molecule has 13 heavy (non-hydrogen) atoms. The third-order valence-corrected chi connectivity index (χ3v) is 1.74. The maximum Gasteiger partial charge on any atom is 0.0317 e. The van der Waals surface area contributed by atoms with Gasteiger partial charge in [0, 0.05) is 12.2 Å². The summed E-state index contributed by atoms with van der Waals surface area (Å²) in [7, 11) is 1.93. The molecular weight excluding hydrogens is 160 g/mol. The Morgan fingerprint density at radius 2 is 1.92 bits per heavy atom. The third-order valence-electron chi connectivity index (χ3n) is 1.74. The zero-order valence-electron chi connectivity index (χ0n) is 9.02. The van der Waals surface area contributed by atoms with Crippen molar-refractivity contribution in [3.05, 3.63) is 29.3 Å². The Kier molecular flexibility index (Phi) is 5.98. The van der Waals surface area contributed by atoms with Crippen LogP contribution >= 0.6 is 0 Å². The van der Waals surface area contributed by atoms with Crippen molar-refractivity contribution in [2.45, 2.75) is 27.3 Å². The van der Waals surface area contributed by atoms with Gasteiger partial charge in [0.2, 0.25) is 0 Å². The minimum absolute atomic E-state index is 0.834. The molecule has 0 radical (unpaired) electrons. The molecule has 0 spiro atoms. The smallest absolute Gasteiger partial charge is 0.0317 e. The van der Waals surface area contributed by atoms with E-state index in [1.807, 2.05) is 39.1 Å². The number of benzene rings is 1. The van der Waals surface area contributed by atoms with E-state index in [1.54, 1.807) is 0 Å². The Morgan fingerprint density at radius 3 is 2.46 bits per heavy atom. The topological polar surface area (TPSA) is 38.0 Å². The van der Waals surface area contributed by atoms with Crippen molar-refractivity contribution in [1.29, 1.82) is 0 Å². The summed E-state index contributed by atoms with van der Waals surface area (Å²) in [5, 5.41) is 3.10. The summed E-state index contributed by atoms with van der Waals surface area (Å²) in [5.41, 5.74) is 9.02. The molecule has 0 bridgehead atoms. The molecule has 1 aromatic rings. The van der Waals surface area contributed by atoms with E-state index in [1.165, 1.54) is 11.1 Å². The van der Waals surface area contributed by atoms with Crippen LogP contribution in [0.1, 0.15) is 25.0 Å². The highest BCUT2D eigenvalue weighted by Gasteiger charge is 1.95. The minimum Gasteiger partial charge on any atom is -0.399 e. The summed E-state index contributed by atoms with van der Waals surface area (Å²) in [6.45, 7) is 6.98. The Bertz CT molecular complexity index is 244. The van der Waals surface area contributed by atoms with Crippen LogP contribution in [0.3, 0.4) is 0 Å². The predicted molar refractivity (Wildman–Crippen MR) is 59.7 cm³/mol. The van der Waals surface area contributed by atoms with Gasteiger partial charge in [-0.3, -0.25) is 0 Å². The Balaban J connectivity index is 0.000000671. The standard InChI is InChI=1S/C9H14N2.C2H6/c1-7-3-4-9(10)5-8(7)6-11-2;1-2/h3-5,11H,6,10H2,1-2H3;1-2H3. The van der Waals surface area contributed by atoms with Gasteiger partial charge in [0.1, 0.15) is 0 Å². The monoisotopic (exact) mass is 180 g/mol. The van der Waals surface area contributed by atoms with E-state index in [4.69, 9.17) is 5.73 Å². The van der Waals surface area contributed by atoms with Gasteiger partial charge in [-0.05, 0) is 37.2 Å². The highest BCUT2D eigenvalue weighted by atomic mass is 14.8. The van der Waals surface area contributed by atoms with E-state index in [0.29, 0.717) is 0 Å². The number of anilines is 1. The van der Waals surface area contributed by atoms with Crippen LogP contribution in [0.25, 0.3) is 0 Å². The highest BCUT2D eigenvalue weighted by molar-refractivity contribution is 5.44. The van der Waals surface area contributed by atoms with Gasteiger partial charge in [-0.15, -0.1) is 0 Å². The fraction of sp³-hybridized carbons (Fsp3) is 0.455. The summed E-state index contributed by atoms with van der Waals surface area (Å²) in [4.78, 5) is 0. The fourth-order valence-corrected chi connectivity index (χ4v) is 1.07. The van der Waals surface area contributed by atoms with Gasteiger partial charge in [0.05, 0.1) is 0 Å². The number of rotatable bonds is 2. The van der Waals surface area contributed by atoms with Crippen LogP contribution in [0.15, 0.2) is 18.2 Å². The number of hydrogen-bond acceptors (Lipinski definition) is 2. The van der Waals surface area contributed by atoms with E-state index in [9.17, 15) is 0 Å². The summed E-state index contributed by atoms with van der Waals surface area (Å²) in [6, 6.07) is 5.97. The van der Waals surface area contributed by atoms with Crippen molar-refractivity contribution < 1.29 is 0 Å². The lowest BCUT2D eigenvalue weighted by atomic mass is 10.1. The number of nitrogens with one attached hydrogen (secondary N) is 1. The summed E-state index contributed by atoms with van der Waals surface area (Å²) < 4.78 is 0. The minimum atomic E-state index is 0.834. The molecule has 0 aromatic heterocycles. The van der Waals surface area contributed by atoms with Gasteiger partial charge in [0.15, 0.2) is 0 Å². The quantitative estimate of drug-likeness (QED) is 0.685. The van der Waals surface area contributed by atoms with E-state index >= 15 is 0 Å². The molecule has 1 rings (SSSR count). The van der Waals surface area contributed by atoms with Gasteiger partial charge >= 0.3 is 0 Å². The molecule has 0 saturated carbocycles. The Hall–Kier alpha value is -1.02. The molecule has 2 heteroatoms. The first kappa shape index (κ1) is 12.0. The second-order valence-electron chi connectivity index (χ2n) is 2.72. The molecule has 0 atom stereocenters. The van der Waals surface area contributed by atoms with Gasteiger partial charge in [-0.25, -0.2) is 0 Å². The number of nitrogens with two attached hydrogens (primary N) is 1. The van der Waals surface area contributed by atoms with Crippen LogP contribution in [-0.2, 0) is 6.54 Å². The zero-order valence-corrected chi connectivity index (χ0v) is 9.02. The van der Waals surface area contributed by atoms with Gasteiger partial charge in [-0.2, -0.15) is 0 Å². The average molecular weight is 180 g/mol. The lowest BCUT2D eigenvalue weighted by Crippen LogP contribution is -2.06. The van der Waals surface area contributed by atoms with Gasteiger partial charge in [-0.1, -0.05) is 19.9 Å². The SMILES string of the molecule is CC.CNCc1cc(N)ccc1C. The van der Waals surface area contributed by atoms with Crippen LogP contribution < -0.4 is 11.1 Å². The van der Waals surface area contributed by atoms with E-state index < -0.39 is 0 Å². The molecule has 0 unspecified atom stereocenters. The van der Waals surface area contributed by atoms with E-state index in [0.717, 1.165) is 12.2 Å². The summed E-state index contributed by atoms with van der Waals surface area (Å²) in [6.07, 6.45) is 0. The van der Waals surface area contributed by atoms with Crippen LogP contribution in [-0.4, -0.2) is 7.05 Å². The molecule has 0 aliphatic heterocycles.